The van der Waals surface area contributed by atoms with Gasteiger partial charge in [0.15, 0.2) is 0 Å². The van der Waals surface area contributed by atoms with Gasteiger partial charge in [-0.1, -0.05) is 26.7 Å². The molecule has 3 nitrogen and oxygen atoms in total. The zero-order valence-corrected chi connectivity index (χ0v) is 10.0. The third-order valence-corrected chi connectivity index (χ3v) is 5.14. The van der Waals surface area contributed by atoms with Crippen LogP contribution in [-0.4, -0.2) is 31.1 Å². The van der Waals surface area contributed by atoms with E-state index in [0.717, 1.165) is 32.1 Å². The van der Waals surface area contributed by atoms with Crippen LogP contribution >= 0.6 is 0 Å². The van der Waals surface area contributed by atoms with Gasteiger partial charge in [-0.2, -0.15) is 0 Å². The average Bonchev–Trinajstić information content (AvgIpc) is 2.95. The fourth-order valence-electron chi connectivity index (χ4n) is 1.58. The maximum Gasteiger partial charge on any atom is 0.216 e. The molecule has 0 unspecified atom stereocenters. The molecule has 0 bridgehead atoms. The summed E-state index contributed by atoms with van der Waals surface area (Å²) in [5, 5.41) is -0.0518. The van der Waals surface area contributed by atoms with Gasteiger partial charge in [0.05, 0.1) is 5.25 Å². The van der Waals surface area contributed by atoms with Gasteiger partial charge in [0.1, 0.15) is 0 Å². The van der Waals surface area contributed by atoms with E-state index in [1.54, 1.807) is 4.31 Å². The highest BCUT2D eigenvalue weighted by molar-refractivity contribution is 7.90. The summed E-state index contributed by atoms with van der Waals surface area (Å²) in [6, 6.07) is 0. The van der Waals surface area contributed by atoms with Gasteiger partial charge in [-0.25, -0.2) is 12.7 Å². The minimum Gasteiger partial charge on any atom is -0.212 e. The van der Waals surface area contributed by atoms with Crippen molar-refractivity contribution >= 4 is 10.0 Å². The Balaban J connectivity index is 2.44. The molecule has 84 valence electrons. The molecule has 1 saturated carbocycles. The van der Waals surface area contributed by atoms with E-state index in [0.29, 0.717) is 13.1 Å². The Morgan fingerprint density at radius 1 is 1.21 bits per heavy atom. The van der Waals surface area contributed by atoms with Crippen molar-refractivity contribution in [2.75, 3.05) is 13.1 Å². The first-order valence-corrected chi connectivity index (χ1v) is 7.12. The second-order valence-corrected chi connectivity index (χ2v) is 6.16. The van der Waals surface area contributed by atoms with E-state index in [1.807, 2.05) is 6.92 Å². The van der Waals surface area contributed by atoms with Gasteiger partial charge in [0.25, 0.3) is 0 Å². The summed E-state index contributed by atoms with van der Waals surface area (Å²) in [4.78, 5) is 0. The molecule has 14 heavy (non-hydrogen) atoms. The highest BCUT2D eigenvalue weighted by Gasteiger charge is 2.39. The molecular formula is C10H21NO2S. The maximum atomic E-state index is 11.8. The van der Waals surface area contributed by atoms with Crippen molar-refractivity contribution in [3.63, 3.8) is 0 Å². The molecule has 1 aliphatic carbocycles. The summed E-state index contributed by atoms with van der Waals surface area (Å²) in [5.74, 6) is 0. The molecular weight excluding hydrogens is 198 g/mol. The van der Waals surface area contributed by atoms with Crippen LogP contribution in [-0.2, 0) is 10.0 Å². The van der Waals surface area contributed by atoms with E-state index in [2.05, 4.69) is 6.92 Å². The summed E-state index contributed by atoms with van der Waals surface area (Å²) in [5.41, 5.74) is 0. The summed E-state index contributed by atoms with van der Waals surface area (Å²) in [6.07, 6.45) is 4.99. The minimum absolute atomic E-state index is 0.0518. The van der Waals surface area contributed by atoms with Crippen LogP contribution in [0, 0.1) is 0 Å². The average molecular weight is 219 g/mol. The fraction of sp³-hybridized carbons (Fsp3) is 1.00. The lowest BCUT2D eigenvalue weighted by Crippen LogP contribution is -2.34. The zero-order chi connectivity index (χ0) is 10.6. The van der Waals surface area contributed by atoms with Gasteiger partial charge >= 0.3 is 0 Å². The Bertz CT molecular complexity index is 257. The third-order valence-electron chi connectivity index (χ3n) is 2.67. The number of sulfonamides is 1. The molecule has 0 aromatic carbocycles. The van der Waals surface area contributed by atoms with Crippen LogP contribution in [0.3, 0.4) is 0 Å². The Labute approximate surface area is 87.5 Å². The van der Waals surface area contributed by atoms with E-state index < -0.39 is 10.0 Å². The number of unbranched alkanes of at least 4 members (excludes halogenated alkanes) is 2. The summed E-state index contributed by atoms with van der Waals surface area (Å²) < 4.78 is 25.3. The van der Waals surface area contributed by atoms with Crippen LogP contribution in [0.15, 0.2) is 0 Å². The lowest BCUT2D eigenvalue weighted by atomic mass is 10.2. The van der Waals surface area contributed by atoms with Crippen molar-refractivity contribution in [2.45, 2.75) is 51.2 Å². The van der Waals surface area contributed by atoms with Crippen LogP contribution in [0.2, 0.25) is 0 Å². The van der Waals surface area contributed by atoms with Crippen molar-refractivity contribution in [2.24, 2.45) is 0 Å². The summed E-state index contributed by atoms with van der Waals surface area (Å²) in [7, 11) is -2.93. The van der Waals surface area contributed by atoms with Crippen LogP contribution in [0.4, 0.5) is 0 Å². The van der Waals surface area contributed by atoms with Crippen molar-refractivity contribution in [3.05, 3.63) is 0 Å². The van der Waals surface area contributed by atoms with Crippen LogP contribution < -0.4 is 0 Å². The second-order valence-electron chi connectivity index (χ2n) is 3.94. The SMILES string of the molecule is CCCCCN(CC)S(=O)(=O)C1CC1. The first kappa shape index (κ1) is 12.0. The molecule has 0 aliphatic heterocycles. The van der Waals surface area contributed by atoms with E-state index in [1.165, 1.54) is 0 Å². The first-order valence-electron chi connectivity index (χ1n) is 5.61. The molecule has 0 spiro atoms. The monoisotopic (exact) mass is 219 g/mol. The Kier molecular flexibility index (Phi) is 4.38. The quantitative estimate of drug-likeness (QED) is 0.614. The van der Waals surface area contributed by atoms with E-state index in [9.17, 15) is 8.42 Å². The molecule has 0 aromatic rings. The van der Waals surface area contributed by atoms with E-state index in [4.69, 9.17) is 0 Å². The zero-order valence-electron chi connectivity index (χ0n) is 9.20. The molecule has 0 radical (unpaired) electrons. The van der Waals surface area contributed by atoms with Gasteiger partial charge in [-0.3, -0.25) is 0 Å². The summed E-state index contributed by atoms with van der Waals surface area (Å²) >= 11 is 0. The lowest BCUT2D eigenvalue weighted by Gasteiger charge is -2.19. The van der Waals surface area contributed by atoms with Crippen molar-refractivity contribution in [1.29, 1.82) is 0 Å². The van der Waals surface area contributed by atoms with Crippen LogP contribution in [0.1, 0.15) is 46.0 Å². The lowest BCUT2D eigenvalue weighted by molar-refractivity contribution is 0.414. The molecule has 1 rings (SSSR count). The topological polar surface area (TPSA) is 37.4 Å². The summed E-state index contributed by atoms with van der Waals surface area (Å²) in [6.45, 7) is 5.39. The number of rotatable bonds is 7. The normalized spacial score (nSPS) is 17.6. The van der Waals surface area contributed by atoms with Crippen molar-refractivity contribution in [1.82, 2.24) is 4.31 Å². The van der Waals surface area contributed by atoms with Gasteiger partial charge in [0, 0.05) is 13.1 Å². The Morgan fingerprint density at radius 2 is 1.86 bits per heavy atom. The molecule has 0 amide bonds. The fourth-order valence-corrected chi connectivity index (χ4v) is 3.48. The highest BCUT2D eigenvalue weighted by Crippen LogP contribution is 2.30. The molecule has 4 heteroatoms. The molecule has 1 aliphatic rings. The first-order chi connectivity index (χ1) is 6.62. The van der Waals surface area contributed by atoms with Crippen molar-refractivity contribution < 1.29 is 8.42 Å². The number of hydrogen-bond donors (Lipinski definition) is 0. The molecule has 0 atom stereocenters. The predicted octanol–water partition coefficient (Wildman–Crippen LogP) is 1.99. The smallest absolute Gasteiger partial charge is 0.212 e. The second kappa shape index (κ2) is 5.12. The third kappa shape index (κ3) is 2.95. The standard InChI is InChI=1S/C10H21NO2S/c1-3-5-6-9-11(4-2)14(12,13)10-7-8-10/h10H,3-9H2,1-2H3. The van der Waals surface area contributed by atoms with Gasteiger partial charge < -0.3 is 0 Å². The van der Waals surface area contributed by atoms with Crippen LogP contribution in [0.5, 0.6) is 0 Å². The number of nitrogens with zero attached hydrogens (tertiary/aromatic N) is 1. The molecule has 1 fully saturated rings. The van der Waals surface area contributed by atoms with E-state index >= 15 is 0 Å². The highest BCUT2D eigenvalue weighted by atomic mass is 32.2. The Hall–Kier alpha value is -0.0900. The van der Waals surface area contributed by atoms with Gasteiger partial charge in [0.2, 0.25) is 10.0 Å². The molecule has 0 aromatic heterocycles. The van der Waals surface area contributed by atoms with Gasteiger partial charge in [-0.15, -0.1) is 0 Å². The van der Waals surface area contributed by atoms with E-state index in [-0.39, 0.29) is 5.25 Å². The molecule has 0 saturated heterocycles. The largest absolute Gasteiger partial charge is 0.216 e. The van der Waals surface area contributed by atoms with Gasteiger partial charge in [-0.05, 0) is 19.3 Å². The van der Waals surface area contributed by atoms with Crippen LogP contribution in [0.25, 0.3) is 0 Å². The van der Waals surface area contributed by atoms with Crippen molar-refractivity contribution in [3.8, 4) is 0 Å². The molecule has 0 heterocycles. The molecule has 0 N–H and O–H groups in total. The predicted molar refractivity (Wildman–Crippen MR) is 58.7 cm³/mol. The maximum absolute atomic E-state index is 11.8. The minimum atomic E-state index is -2.93. The number of hydrogen-bond acceptors (Lipinski definition) is 2. The Morgan fingerprint density at radius 3 is 2.29 bits per heavy atom.